The zero-order chi connectivity index (χ0) is 45.1. The van der Waals surface area contributed by atoms with Crippen LogP contribution in [0, 0.1) is 5.92 Å². The minimum absolute atomic E-state index is 0.0164. The molecular weight excluding hydrogens is 845 g/mol. The van der Waals surface area contributed by atoms with Gasteiger partial charge in [-0.25, -0.2) is 18.3 Å². The van der Waals surface area contributed by atoms with Crippen LogP contribution in [-0.4, -0.2) is 133 Å². The fourth-order valence-electron chi connectivity index (χ4n) is 10.4. The van der Waals surface area contributed by atoms with Crippen LogP contribution in [0.3, 0.4) is 0 Å². The number of epoxide rings is 1. The standard InChI is InChI=1S/C45H53F2N11O7/c1-24(12-16-48-31-5-3-4-29-37(31)45(63)58(44(29)62)33-10-11-36(59)52-43(33)61)64-28-13-17-54(18-14-28)21-26-6-8-27(9-7-26)57-22-32(38(53-57)40(46)47)50-42(60)30-20-49-56-19-15-35(51-41(30)56)55-23-34-39(65-34)25(55)2/h3-5,15,19-20,22,24-28,33-34,39-40,48H,6-14,16-18,21,23H2,1-2H3,(H,50,60)(H,52,59,61)/t24-,25+,26?,27?,33?,34-,39?/m0/s1. The van der Waals surface area contributed by atoms with Gasteiger partial charge in [-0.1, -0.05) is 6.07 Å². The first-order valence-electron chi connectivity index (χ1n) is 22.8. The summed E-state index contributed by atoms with van der Waals surface area (Å²) in [6.45, 7) is 8.14. The van der Waals surface area contributed by atoms with Gasteiger partial charge in [0.05, 0.1) is 47.3 Å². The molecule has 10 rings (SSSR count). The second-order valence-electron chi connectivity index (χ2n) is 18.3. The van der Waals surface area contributed by atoms with E-state index in [4.69, 9.17) is 14.5 Å². The van der Waals surface area contributed by atoms with Crippen molar-refractivity contribution in [1.29, 1.82) is 0 Å². The van der Waals surface area contributed by atoms with Crippen LogP contribution in [0.5, 0.6) is 0 Å². The highest BCUT2D eigenvalue weighted by Crippen LogP contribution is 2.39. The lowest BCUT2D eigenvalue weighted by Gasteiger charge is -2.37. The van der Waals surface area contributed by atoms with Crippen molar-refractivity contribution >= 4 is 52.4 Å². The number of nitrogens with zero attached hydrogens (tertiary/aromatic N) is 8. The van der Waals surface area contributed by atoms with Crippen LogP contribution in [0.4, 0.5) is 26.0 Å². The second kappa shape index (κ2) is 17.5. The second-order valence-corrected chi connectivity index (χ2v) is 18.3. The number of hydrogen-bond acceptors (Lipinski definition) is 13. The van der Waals surface area contributed by atoms with Gasteiger partial charge in [-0.05, 0) is 89.3 Å². The van der Waals surface area contributed by atoms with Crippen LogP contribution in [0.15, 0.2) is 42.9 Å². The lowest BCUT2D eigenvalue weighted by molar-refractivity contribution is -0.136. The molecule has 0 spiro atoms. The molecule has 20 heteroatoms. The SMILES string of the molecule is C[C@@H]1C2O[C@H]2CN1c1ccn2ncc(C(=O)Nc3cn(C4CCC(CN5CCC(O[C@@H](C)CCNc6cccc7c6C(=O)N(C6CCC(=O)NC6=O)C7=O)CC5)CC4)nc3C(F)F)c2n1. The maximum atomic E-state index is 14.3. The average Bonchev–Trinajstić information content (AvgIpc) is 3.50. The van der Waals surface area contributed by atoms with E-state index in [1.165, 1.54) is 16.9 Å². The van der Waals surface area contributed by atoms with E-state index in [1.807, 2.05) is 13.0 Å². The smallest absolute Gasteiger partial charge is 0.284 e. The predicted molar refractivity (Wildman–Crippen MR) is 231 cm³/mol. The van der Waals surface area contributed by atoms with Gasteiger partial charge in [-0.2, -0.15) is 10.2 Å². The Bertz CT molecular complexity index is 2520. The number of piperidine rings is 2. The number of morpholine rings is 1. The number of amides is 5. The van der Waals surface area contributed by atoms with Gasteiger partial charge in [0, 0.05) is 57.2 Å². The Hall–Kier alpha value is -5.86. The molecule has 4 saturated heterocycles. The predicted octanol–water partition coefficient (Wildman–Crippen LogP) is 4.60. The number of fused-ring (bicyclic) bond motifs is 3. The monoisotopic (exact) mass is 897 g/mol. The molecule has 6 aliphatic rings. The van der Waals surface area contributed by atoms with E-state index in [0.717, 1.165) is 69.6 Å². The maximum Gasteiger partial charge on any atom is 0.284 e. The quantitative estimate of drug-likeness (QED) is 0.117. The van der Waals surface area contributed by atoms with Gasteiger partial charge >= 0.3 is 0 Å². The molecule has 1 saturated carbocycles. The van der Waals surface area contributed by atoms with E-state index in [0.29, 0.717) is 36.0 Å². The molecule has 0 bridgehead atoms. The Balaban J connectivity index is 0.666. The Morgan fingerprint density at radius 3 is 2.55 bits per heavy atom. The Morgan fingerprint density at radius 1 is 1.02 bits per heavy atom. The molecular formula is C45H53F2N11O7. The third kappa shape index (κ3) is 8.46. The number of benzene rings is 1. The van der Waals surface area contributed by atoms with Crippen LogP contribution in [0.1, 0.15) is 121 Å². The summed E-state index contributed by atoms with van der Waals surface area (Å²) < 4.78 is 43.8. The fourth-order valence-corrected chi connectivity index (χ4v) is 10.4. The number of ether oxygens (including phenoxy) is 2. The van der Waals surface area contributed by atoms with Crippen molar-refractivity contribution < 1.29 is 42.2 Å². The first-order valence-corrected chi connectivity index (χ1v) is 22.8. The van der Waals surface area contributed by atoms with Crippen LogP contribution < -0.4 is 20.9 Å². The molecule has 8 heterocycles. The highest BCUT2D eigenvalue weighted by Gasteiger charge is 2.53. The lowest BCUT2D eigenvalue weighted by Crippen LogP contribution is -2.54. The number of rotatable bonds is 14. The molecule has 1 aliphatic carbocycles. The molecule has 344 valence electrons. The van der Waals surface area contributed by atoms with Crippen LogP contribution >= 0.6 is 0 Å². The molecule has 3 N–H and O–H groups in total. The summed E-state index contributed by atoms with van der Waals surface area (Å²) in [4.78, 5) is 74.6. The summed E-state index contributed by atoms with van der Waals surface area (Å²) in [5.74, 6) is -1.53. The molecule has 5 amide bonds. The minimum Gasteiger partial charge on any atom is -0.384 e. The van der Waals surface area contributed by atoms with Crippen molar-refractivity contribution in [2.24, 2.45) is 5.92 Å². The molecule has 5 fully saturated rings. The number of nitrogens with one attached hydrogen (secondary N) is 3. The number of hydrogen-bond donors (Lipinski definition) is 3. The van der Waals surface area contributed by atoms with Crippen molar-refractivity contribution in [3.05, 3.63) is 65.2 Å². The molecule has 3 aromatic heterocycles. The molecule has 65 heavy (non-hydrogen) atoms. The topological polar surface area (TPSA) is 201 Å². The van der Waals surface area contributed by atoms with E-state index in [1.54, 1.807) is 29.1 Å². The largest absolute Gasteiger partial charge is 0.384 e. The third-order valence-electron chi connectivity index (χ3n) is 14.1. The summed E-state index contributed by atoms with van der Waals surface area (Å²) in [6, 6.07) is 5.96. The van der Waals surface area contributed by atoms with E-state index in [9.17, 15) is 32.8 Å². The molecule has 18 nitrogen and oxygen atoms in total. The highest BCUT2D eigenvalue weighted by atomic mass is 19.3. The average molecular weight is 898 g/mol. The van der Waals surface area contributed by atoms with Crippen LogP contribution in [0.2, 0.25) is 0 Å². The molecule has 1 aromatic carbocycles. The zero-order valence-corrected chi connectivity index (χ0v) is 36.3. The molecule has 2 unspecified atom stereocenters. The van der Waals surface area contributed by atoms with E-state index in [2.05, 4.69) is 42.9 Å². The van der Waals surface area contributed by atoms with Crippen molar-refractivity contribution in [1.82, 2.24) is 39.5 Å². The number of carbonyl (C=O) groups excluding carboxylic acids is 5. The summed E-state index contributed by atoms with van der Waals surface area (Å²) >= 11 is 0. The number of likely N-dealkylation sites (tertiary alicyclic amines) is 1. The Kier molecular flexibility index (Phi) is 11.6. The number of alkyl halides is 2. The van der Waals surface area contributed by atoms with Crippen molar-refractivity contribution in [3.8, 4) is 0 Å². The number of carbonyl (C=O) groups is 5. The highest BCUT2D eigenvalue weighted by molar-refractivity contribution is 6.25. The maximum absolute atomic E-state index is 14.3. The summed E-state index contributed by atoms with van der Waals surface area (Å²) in [5.41, 5.74) is 1.04. The van der Waals surface area contributed by atoms with Gasteiger partial charge in [0.25, 0.3) is 24.1 Å². The van der Waals surface area contributed by atoms with Crippen molar-refractivity contribution in [2.75, 3.05) is 48.3 Å². The number of anilines is 3. The van der Waals surface area contributed by atoms with Gasteiger partial charge in [0.2, 0.25) is 11.8 Å². The first kappa shape index (κ1) is 43.1. The number of halogens is 2. The Labute approximate surface area is 373 Å². The van der Waals surface area contributed by atoms with Gasteiger partial charge in [-0.3, -0.25) is 38.9 Å². The first-order chi connectivity index (χ1) is 31.4. The molecule has 4 aromatic rings. The van der Waals surface area contributed by atoms with Crippen LogP contribution in [0.25, 0.3) is 5.65 Å². The van der Waals surface area contributed by atoms with E-state index < -0.39 is 47.7 Å². The summed E-state index contributed by atoms with van der Waals surface area (Å²) in [6.07, 6.45) is 8.38. The molecule has 5 atom stereocenters. The van der Waals surface area contributed by atoms with Gasteiger partial charge in [0.1, 0.15) is 29.6 Å². The van der Waals surface area contributed by atoms with Gasteiger partial charge in [-0.15, -0.1) is 0 Å². The third-order valence-corrected chi connectivity index (χ3v) is 14.1. The van der Waals surface area contributed by atoms with Gasteiger partial charge < -0.3 is 29.9 Å². The number of aromatic nitrogens is 5. The summed E-state index contributed by atoms with van der Waals surface area (Å²) in [7, 11) is 0. The van der Waals surface area contributed by atoms with Crippen LogP contribution in [-0.2, 0) is 19.1 Å². The Morgan fingerprint density at radius 2 is 1.82 bits per heavy atom. The molecule has 5 aliphatic heterocycles. The zero-order valence-electron chi connectivity index (χ0n) is 36.3. The van der Waals surface area contributed by atoms with Crippen molar-refractivity contribution in [2.45, 2.75) is 121 Å². The van der Waals surface area contributed by atoms with E-state index in [-0.39, 0.29) is 71.7 Å². The normalized spacial score (nSPS) is 26.5. The van der Waals surface area contributed by atoms with Crippen molar-refractivity contribution in [3.63, 3.8) is 0 Å². The minimum atomic E-state index is -2.87. The van der Waals surface area contributed by atoms with Gasteiger partial charge in [0.15, 0.2) is 11.3 Å². The van der Waals surface area contributed by atoms with E-state index >= 15 is 0 Å². The number of imide groups is 2. The lowest BCUT2D eigenvalue weighted by atomic mass is 9.85. The molecule has 0 radical (unpaired) electrons. The fraction of sp³-hybridized carbons (Fsp3) is 0.556. The summed E-state index contributed by atoms with van der Waals surface area (Å²) in [5, 5.41) is 16.8.